The highest BCUT2D eigenvalue weighted by atomic mass is 32.1. The minimum absolute atomic E-state index is 0.0657. The lowest BCUT2D eigenvalue weighted by atomic mass is 9.77. The lowest BCUT2D eigenvalue weighted by Gasteiger charge is -2.40. The van der Waals surface area contributed by atoms with Gasteiger partial charge in [0.25, 0.3) is 5.91 Å². The summed E-state index contributed by atoms with van der Waals surface area (Å²) in [6.45, 7) is 5.79. The van der Waals surface area contributed by atoms with Crippen LogP contribution >= 0.6 is 11.3 Å². The first kappa shape index (κ1) is 15.5. The number of rotatable bonds is 2. The Kier molecular flexibility index (Phi) is 4.15. The number of nitrogens with zero attached hydrogens (tertiary/aromatic N) is 3. The van der Waals surface area contributed by atoms with Crippen LogP contribution in [-0.4, -0.2) is 64.1 Å². The second-order valence-electron chi connectivity index (χ2n) is 7.33. The van der Waals surface area contributed by atoms with Crippen LogP contribution in [0.25, 0.3) is 0 Å². The lowest BCUT2D eigenvalue weighted by molar-refractivity contribution is -0.000864. The number of hydrogen-bond acceptors (Lipinski definition) is 5. The van der Waals surface area contributed by atoms with E-state index in [1.165, 1.54) is 24.2 Å². The first-order chi connectivity index (χ1) is 11.1. The van der Waals surface area contributed by atoms with Crippen LogP contribution < -0.4 is 0 Å². The molecule has 2 aliphatic heterocycles. The predicted octanol–water partition coefficient (Wildman–Crippen LogP) is 1.76. The van der Waals surface area contributed by atoms with Gasteiger partial charge in [0.2, 0.25) is 0 Å². The largest absolute Gasteiger partial charge is 0.391 e. The molecule has 23 heavy (non-hydrogen) atoms. The van der Waals surface area contributed by atoms with Gasteiger partial charge in [-0.15, -0.1) is 11.3 Å². The quantitative estimate of drug-likeness (QED) is 0.895. The van der Waals surface area contributed by atoms with Crippen molar-refractivity contribution in [3.05, 3.63) is 16.1 Å². The maximum Gasteiger partial charge on any atom is 0.273 e. The third-order valence-corrected chi connectivity index (χ3v) is 6.62. The van der Waals surface area contributed by atoms with Gasteiger partial charge in [-0.3, -0.25) is 9.69 Å². The van der Waals surface area contributed by atoms with Crippen LogP contribution in [-0.2, 0) is 0 Å². The van der Waals surface area contributed by atoms with Gasteiger partial charge in [-0.05, 0) is 57.5 Å². The Bertz CT molecular complexity index is 584. The van der Waals surface area contributed by atoms with E-state index in [0.29, 0.717) is 23.6 Å². The average molecular weight is 335 g/mol. The maximum absolute atomic E-state index is 12.6. The Hall–Kier alpha value is -0.980. The number of amides is 1. The van der Waals surface area contributed by atoms with Gasteiger partial charge in [-0.25, -0.2) is 4.98 Å². The Morgan fingerprint density at radius 2 is 1.96 bits per heavy atom. The van der Waals surface area contributed by atoms with Gasteiger partial charge < -0.3 is 10.0 Å². The van der Waals surface area contributed by atoms with Crippen LogP contribution in [0, 0.1) is 18.8 Å². The number of likely N-dealkylation sites (tertiary alicyclic amines) is 2. The number of aromatic nitrogens is 1. The summed E-state index contributed by atoms with van der Waals surface area (Å²) < 4.78 is 0. The molecule has 0 unspecified atom stereocenters. The first-order valence-electron chi connectivity index (χ1n) is 8.75. The van der Waals surface area contributed by atoms with Gasteiger partial charge in [-0.1, -0.05) is 0 Å². The SMILES string of the molecule is Cc1nc(C(=O)N2C[C@H]3C[C@@H](N4CCCC4)[C@H](O)C[C@H]3C2)cs1. The number of aryl methyl sites for hydroxylation is 1. The van der Waals surface area contributed by atoms with Crippen molar-refractivity contribution in [2.24, 2.45) is 11.8 Å². The summed E-state index contributed by atoms with van der Waals surface area (Å²) in [4.78, 5) is 21.4. The Balaban J connectivity index is 1.43. The number of aliphatic hydroxyl groups excluding tert-OH is 1. The fourth-order valence-corrected chi connectivity index (χ4v) is 5.25. The molecule has 126 valence electrons. The van der Waals surface area contributed by atoms with E-state index in [2.05, 4.69) is 9.88 Å². The van der Waals surface area contributed by atoms with Crippen molar-refractivity contribution in [1.82, 2.24) is 14.8 Å². The van der Waals surface area contributed by atoms with E-state index in [9.17, 15) is 9.90 Å². The van der Waals surface area contributed by atoms with Crippen molar-refractivity contribution in [2.75, 3.05) is 26.2 Å². The highest BCUT2D eigenvalue weighted by Gasteiger charge is 2.45. The molecule has 1 saturated carbocycles. The van der Waals surface area contributed by atoms with Crippen molar-refractivity contribution in [3.63, 3.8) is 0 Å². The van der Waals surface area contributed by atoms with E-state index >= 15 is 0 Å². The van der Waals surface area contributed by atoms with Gasteiger partial charge in [0, 0.05) is 24.5 Å². The van der Waals surface area contributed by atoms with E-state index in [1.54, 1.807) is 0 Å². The van der Waals surface area contributed by atoms with E-state index < -0.39 is 0 Å². The van der Waals surface area contributed by atoms with Gasteiger partial charge >= 0.3 is 0 Å². The molecule has 1 amide bonds. The normalized spacial score (nSPS) is 34.8. The number of fused-ring (bicyclic) bond motifs is 1. The Morgan fingerprint density at radius 1 is 1.26 bits per heavy atom. The molecule has 6 heteroatoms. The summed E-state index contributed by atoms with van der Waals surface area (Å²) in [7, 11) is 0. The minimum atomic E-state index is -0.231. The molecule has 0 radical (unpaired) electrons. The summed E-state index contributed by atoms with van der Waals surface area (Å²) in [5.74, 6) is 1.05. The summed E-state index contributed by atoms with van der Waals surface area (Å²) in [5.41, 5.74) is 0.586. The molecular formula is C17H25N3O2S. The van der Waals surface area contributed by atoms with Crippen LogP contribution in [0.4, 0.5) is 0 Å². The average Bonchev–Trinajstić information content (AvgIpc) is 3.25. The molecule has 0 bridgehead atoms. The standard InChI is InChI=1S/C17H25N3O2S/c1-11-18-14(10-23-11)17(22)20-8-12-6-15(19-4-2-3-5-19)16(21)7-13(12)9-20/h10,12-13,15-16,21H,2-9H2,1H3/t12-,13+,15-,16-/m1/s1. The number of carbonyl (C=O) groups is 1. The van der Waals surface area contributed by atoms with Crippen molar-refractivity contribution >= 4 is 17.2 Å². The molecule has 2 saturated heterocycles. The smallest absolute Gasteiger partial charge is 0.273 e. The summed E-state index contributed by atoms with van der Waals surface area (Å²) in [5, 5.41) is 13.4. The van der Waals surface area contributed by atoms with Crippen molar-refractivity contribution in [2.45, 2.75) is 44.8 Å². The number of hydrogen-bond donors (Lipinski definition) is 1. The van der Waals surface area contributed by atoms with Crippen molar-refractivity contribution in [1.29, 1.82) is 0 Å². The van der Waals surface area contributed by atoms with Crippen molar-refractivity contribution < 1.29 is 9.90 Å². The van der Waals surface area contributed by atoms with Crippen LogP contribution in [0.15, 0.2) is 5.38 Å². The Morgan fingerprint density at radius 3 is 2.61 bits per heavy atom. The van der Waals surface area contributed by atoms with Gasteiger partial charge in [0.15, 0.2) is 0 Å². The Labute approximate surface area is 141 Å². The van der Waals surface area contributed by atoms with Gasteiger partial charge in [0.05, 0.1) is 11.1 Å². The molecule has 0 spiro atoms. The second-order valence-corrected chi connectivity index (χ2v) is 8.39. The van der Waals surface area contributed by atoms with E-state index in [0.717, 1.165) is 44.0 Å². The third kappa shape index (κ3) is 2.92. The second kappa shape index (κ2) is 6.15. The van der Waals surface area contributed by atoms with E-state index in [-0.39, 0.29) is 12.0 Å². The van der Waals surface area contributed by atoms with Gasteiger partial charge in [0.1, 0.15) is 5.69 Å². The molecule has 1 aromatic heterocycles. The lowest BCUT2D eigenvalue weighted by Crippen LogP contribution is -2.48. The zero-order chi connectivity index (χ0) is 16.0. The molecule has 0 aromatic carbocycles. The fourth-order valence-electron chi connectivity index (χ4n) is 4.66. The highest BCUT2D eigenvalue weighted by Crippen LogP contribution is 2.39. The molecule has 5 nitrogen and oxygen atoms in total. The van der Waals surface area contributed by atoms with Gasteiger partial charge in [-0.2, -0.15) is 0 Å². The van der Waals surface area contributed by atoms with Crippen LogP contribution in [0.3, 0.4) is 0 Å². The van der Waals surface area contributed by atoms with Crippen LogP contribution in [0.1, 0.15) is 41.2 Å². The molecule has 4 atom stereocenters. The molecule has 1 aliphatic carbocycles. The van der Waals surface area contributed by atoms with Crippen LogP contribution in [0.5, 0.6) is 0 Å². The number of aliphatic hydroxyl groups is 1. The predicted molar refractivity (Wildman–Crippen MR) is 89.6 cm³/mol. The summed E-state index contributed by atoms with van der Waals surface area (Å²) >= 11 is 1.53. The first-order valence-corrected chi connectivity index (χ1v) is 9.63. The van der Waals surface area contributed by atoms with Crippen LogP contribution in [0.2, 0.25) is 0 Å². The molecule has 1 aromatic rings. The topological polar surface area (TPSA) is 56.7 Å². The monoisotopic (exact) mass is 335 g/mol. The zero-order valence-electron chi connectivity index (χ0n) is 13.6. The molecular weight excluding hydrogens is 310 g/mol. The highest BCUT2D eigenvalue weighted by molar-refractivity contribution is 7.09. The molecule has 3 fully saturated rings. The minimum Gasteiger partial charge on any atom is -0.391 e. The summed E-state index contributed by atoms with van der Waals surface area (Å²) in [6.07, 6.45) is 4.15. The van der Waals surface area contributed by atoms with E-state index in [4.69, 9.17) is 0 Å². The van der Waals surface area contributed by atoms with Crippen molar-refractivity contribution in [3.8, 4) is 0 Å². The third-order valence-electron chi connectivity index (χ3n) is 5.84. The maximum atomic E-state index is 12.6. The fraction of sp³-hybridized carbons (Fsp3) is 0.765. The molecule has 3 heterocycles. The summed E-state index contributed by atoms with van der Waals surface area (Å²) in [6, 6.07) is 0.301. The molecule has 4 rings (SSSR count). The number of thiazole rings is 1. The van der Waals surface area contributed by atoms with E-state index in [1.807, 2.05) is 17.2 Å². The number of carbonyl (C=O) groups excluding carboxylic acids is 1. The molecule has 1 N–H and O–H groups in total. The zero-order valence-corrected chi connectivity index (χ0v) is 14.5. The molecule has 3 aliphatic rings.